The van der Waals surface area contributed by atoms with Crippen LogP contribution in [0.1, 0.15) is 5.56 Å². The number of hydrogen-bond donors (Lipinski definition) is 0. The van der Waals surface area contributed by atoms with Crippen LogP contribution in [0, 0.1) is 6.92 Å². The van der Waals surface area contributed by atoms with Gasteiger partial charge in [0, 0.05) is 5.39 Å². The minimum absolute atomic E-state index is 0.850. The van der Waals surface area contributed by atoms with E-state index in [0.717, 1.165) is 11.0 Å². The Morgan fingerprint density at radius 2 is 1.93 bits per heavy atom. The SMILES string of the molecule is Cc1cccc2c1ccc1oncc12. The fourth-order valence-electron chi connectivity index (χ4n) is 1.87. The largest absolute Gasteiger partial charge is 0.356 e. The van der Waals surface area contributed by atoms with Gasteiger partial charge in [-0.05, 0) is 29.3 Å². The van der Waals surface area contributed by atoms with Crippen molar-refractivity contribution in [1.29, 1.82) is 0 Å². The third kappa shape index (κ3) is 0.880. The fourth-order valence-corrected chi connectivity index (χ4v) is 1.87. The maximum Gasteiger partial charge on any atom is 0.167 e. The lowest BCUT2D eigenvalue weighted by Crippen LogP contribution is -1.77. The van der Waals surface area contributed by atoms with Crippen LogP contribution < -0.4 is 0 Å². The molecule has 0 aliphatic heterocycles. The Kier molecular flexibility index (Phi) is 1.39. The van der Waals surface area contributed by atoms with Crippen LogP contribution >= 0.6 is 0 Å². The molecule has 0 unspecified atom stereocenters. The van der Waals surface area contributed by atoms with Gasteiger partial charge in [0.1, 0.15) is 0 Å². The lowest BCUT2D eigenvalue weighted by atomic mass is 10.0. The van der Waals surface area contributed by atoms with Gasteiger partial charge in [-0.25, -0.2) is 0 Å². The molecular formula is C12H9NO. The fraction of sp³-hybridized carbons (Fsp3) is 0.0833. The van der Waals surface area contributed by atoms with E-state index >= 15 is 0 Å². The van der Waals surface area contributed by atoms with Crippen LogP contribution in [0.3, 0.4) is 0 Å². The van der Waals surface area contributed by atoms with Crippen molar-refractivity contribution in [2.45, 2.75) is 6.92 Å². The summed E-state index contributed by atoms with van der Waals surface area (Å²) < 4.78 is 5.12. The lowest BCUT2D eigenvalue weighted by Gasteiger charge is -2.00. The maximum atomic E-state index is 5.12. The Morgan fingerprint density at radius 3 is 2.86 bits per heavy atom. The lowest BCUT2D eigenvalue weighted by molar-refractivity contribution is 0.456. The first-order valence-corrected chi connectivity index (χ1v) is 4.59. The van der Waals surface area contributed by atoms with Crippen molar-refractivity contribution < 1.29 is 4.52 Å². The predicted octanol–water partition coefficient (Wildman–Crippen LogP) is 3.29. The zero-order chi connectivity index (χ0) is 9.54. The quantitative estimate of drug-likeness (QED) is 0.534. The second kappa shape index (κ2) is 2.58. The minimum Gasteiger partial charge on any atom is -0.356 e. The van der Waals surface area contributed by atoms with Crippen LogP contribution in [0.2, 0.25) is 0 Å². The summed E-state index contributed by atoms with van der Waals surface area (Å²) in [6, 6.07) is 10.3. The van der Waals surface area contributed by atoms with Crippen LogP contribution in [0.4, 0.5) is 0 Å². The smallest absolute Gasteiger partial charge is 0.167 e. The molecule has 0 bridgehead atoms. The van der Waals surface area contributed by atoms with Gasteiger partial charge in [0.25, 0.3) is 0 Å². The van der Waals surface area contributed by atoms with Crippen LogP contribution in [0.25, 0.3) is 21.7 Å². The van der Waals surface area contributed by atoms with Gasteiger partial charge in [0.15, 0.2) is 5.58 Å². The first-order valence-electron chi connectivity index (χ1n) is 4.59. The van der Waals surface area contributed by atoms with Gasteiger partial charge in [-0.1, -0.05) is 29.4 Å². The molecule has 0 aliphatic carbocycles. The van der Waals surface area contributed by atoms with Gasteiger partial charge in [-0.15, -0.1) is 0 Å². The van der Waals surface area contributed by atoms with Gasteiger partial charge < -0.3 is 4.52 Å². The Labute approximate surface area is 81.1 Å². The number of hydrogen-bond acceptors (Lipinski definition) is 2. The van der Waals surface area contributed by atoms with E-state index in [1.165, 1.54) is 16.3 Å². The summed E-state index contributed by atoms with van der Waals surface area (Å²) in [6.45, 7) is 2.11. The number of rotatable bonds is 0. The number of nitrogens with zero attached hydrogens (tertiary/aromatic N) is 1. The van der Waals surface area contributed by atoms with Gasteiger partial charge in [0.2, 0.25) is 0 Å². The van der Waals surface area contributed by atoms with Crippen LogP contribution in [-0.4, -0.2) is 5.16 Å². The predicted molar refractivity (Wildman–Crippen MR) is 56.3 cm³/mol. The highest BCUT2D eigenvalue weighted by Crippen LogP contribution is 2.26. The molecule has 1 aromatic heterocycles. The van der Waals surface area contributed by atoms with Crippen molar-refractivity contribution in [3.8, 4) is 0 Å². The highest BCUT2D eigenvalue weighted by molar-refractivity contribution is 6.06. The first kappa shape index (κ1) is 7.56. The van der Waals surface area contributed by atoms with E-state index in [-0.39, 0.29) is 0 Å². The summed E-state index contributed by atoms with van der Waals surface area (Å²) >= 11 is 0. The average molecular weight is 183 g/mol. The van der Waals surface area contributed by atoms with Gasteiger partial charge in [-0.3, -0.25) is 0 Å². The van der Waals surface area contributed by atoms with Crippen LogP contribution in [0.5, 0.6) is 0 Å². The molecule has 0 saturated carbocycles. The van der Waals surface area contributed by atoms with Crippen molar-refractivity contribution in [2.24, 2.45) is 0 Å². The number of aromatic nitrogens is 1. The standard InChI is InChI=1S/C12H9NO/c1-8-3-2-4-10-9(8)5-6-12-11(10)7-13-14-12/h2-7H,1H3. The molecule has 0 aliphatic rings. The average Bonchev–Trinajstić information content (AvgIpc) is 2.66. The molecule has 0 radical (unpaired) electrons. The molecule has 2 heteroatoms. The Hall–Kier alpha value is -1.83. The molecular weight excluding hydrogens is 174 g/mol. The summed E-state index contributed by atoms with van der Waals surface area (Å²) in [5, 5.41) is 7.37. The monoisotopic (exact) mass is 183 g/mol. The number of benzene rings is 2. The Balaban J connectivity index is 2.64. The summed E-state index contributed by atoms with van der Waals surface area (Å²) in [4.78, 5) is 0. The van der Waals surface area contributed by atoms with Crippen molar-refractivity contribution >= 4 is 21.7 Å². The second-order valence-corrected chi connectivity index (χ2v) is 3.47. The third-order valence-corrected chi connectivity index (χ3v) is 2.61. The van der Waals surface area contributed by atoms with Gasteiger partial charge >= 0.3 is 0 Å². The topological polar surface area (TPSA) is 26.0 Å². The highest BCUT2D eigenvalue weighted by Gasteiger charge is 2.04. The molecule has 1 heterocycles. The summed E-state index contributed by atoms with van der Waals surface area (Å²) in [5.74, 6) is 0. The molecule has 3 rings (SSSR count). The Bertz CT molecular complexity index is 610. The molecule has 68 valence electrons. The molecule has 0 amide bonds. The van der Waals surface area contributed by atoms with E-state index in [2.05, 4.69) is 36.3 Å². The van der Waals surface area contributed by atoms with Gasteiger partial charge in [0.05, 0.1) is 6.20 Å². The van der Waals surface area contributed by atoms with E-state index in [1.54, 1.807) is 6.20 Å². The molecule has 2 nitrogen and oxygen atoms in total. The van der Waals surface area contributed by atoms with Crippen molar-refractivity contribution in [2.75, 3.05) is 0 Å². The van der Waals surface area contributed by atoms with Crippen molar-refractivity contribution in [3.05, 3.63) is 42.1 Å². The van der Waals surface area contributed by atoms with Crippen LogP contribution in [0.15, 0.2) is 41.1 Å². The summed E-state index contributed by atoms with van der Waals surface area (Å²) in [7, 11) is 0. The second-order valence-electron chi connectivity index (χ2n) is 3.47. The molecule has 0 fully saturated rings. The van der Waals surface area contributed by atoms with E-state index in [9.17, 15) is 0 Å². The molecule has 2 aromatic carbocycles. The summed E-state index contributed by atoms with van der Waals surface area (Å²) in [6.07, 6.45) is 1.77. The molecule has 0 saturated heterocycles. The van der Waals surface area contributed by atoms with E-state index in [4.69, 9.17) is 4.52 Å². The van der Waals surface area contributed by atoms with E-state index in [0.29, 0.717) is 0 Å². The van der Waals surface area contributed by atoms with Crippen LogP contribution in [-0.2, 0) is 0 Å². The van der Waals surface area contributed by atoms with E-state index in [1.807, 2.05) is 6.07 Å². The molecule has 14 heavy (non-hydrogen) atoms. The molecule has 3 aromatic rings. The highest BCUT2D eigenvalue weighted by atomic mass is 16.5. The number of fused-ring (bicyclic) bond motifs is 3. The van der Waals surface area contributed by atoms with Crippen molar-refractivity contribution in [1.82, 2.24) is 5.16 Å². The Morgan fingerprint density at radius 1 is 1.00 bits per heavy atom. The minimum atomic E-state index is 0.850. The normalized spacial score (nSPS) is 11.2. The maximum absolute atomic E-state index is 5.12. The van der Waals surface area contributed by atoms with Crippen molar-refractivity contribution in [3.63, 3.8) is 0 Å². The summed E-state index contributed by atoms with van der Waals surface area (Å²) in [5.41, 5.74) is 2.13. The molecule has 0 atom stereocenters. The zero-order valence-electron chi connectivity index (χ0n) is 7.82. The third-order valence-electron chi connectivity index (χ3n) is 2.61. The number of aryl methyl sites for hydroxylation is 1. The zero-order valence-corrected chi connectivity index (χ0v) is 7.82. The molecule has 0 spiro atoms. The van der Waals surface area contributed by atoms with E-state index < -0.39 is 0 Å². The first-order chi connectivity index (χ1) is 6.86. The van der Waals surface area contributed by atoms with Gasteiger partial charge in [-0.2, -0.15) is 0 Å². The molecule has 0 N–H and O–H groups in total.